The first-order chi connectivity index (χ1) is 21.5. The average molecular weight is 616 g/mol. The quantitative estimate of drug-likeness (QED) is 0.265. The summed E-state index contributed by atoms with van der Waals surface area (Å²) in [7, 11) is 1.54. The summed E-state index contributed by atoms with van der Waals surface area (Å²) in [5, 5.41) is 13.2. The molecule has 2 heterocycles. The molecule has 1 aromatic heterocycles. The number of nitrogens with zero attached hydrogens (tertiary/aromatic N) is 3. The summed E-state index contributed by atoms with van der Waals surface area (Å²) < 4.78 is 5.64. The number of ether oxygens (including phenoxy) is 1. The predicted octanol–water partition coefficient (Wildman–Crippen LogP) is 4.33. The molecule has 3 atom stereocenters. The van der Waals surface area contributed by atoms with Gasteiger partial charge in [0.15, 0.2) is 0 Å². The number of fused-ring (bicyclic) bond motifs is 2. The number of carbonyl (C=O) groups is 3. The Kier molecular flexibility index (Phi) is 9.57. The van der Waals surface area contributed by atoms with Crippen LogP contribution in [-0.2, 0) is 27.2 Å². The Morgan fingerprint density at radius 3 is 2.58 bits per heavy atom. The van der Waals surface area contributed by atoms with E-state index < -0.39 is 23.5 Å². The zero-order valence-corrected chi connectivity index (χ0v) is 27.1. The monoisotopic (exact) mass is 615 g/mol. The molecule has 45 heavy (non-hydrogen) atoms. The second-order valence-corrected chi connectivity index (χ2v) is 13.0. The highest BCUT2D eigenvalue weighted by Crippen LogP contribution is 2.35. The van der Waals surface area contributed by atoms with Crippen LogP contribution in [0.3, 0.4) is 0 Å². The Labute approximate surface area is 264 Å². The van der Waals surface area contributed by atoms with Crippen LogP contribution in [-0.4, -0.2) is 70.9 Å². The first-order valence-electron chi connectivity index (χ1n) is 15.9. The van der Waals surface area contributed by atoms with Gasteiger partial charge in [-0.25, -0.2) is 9.97 Å². The van der Waals surface area contributed by atoms with E-state index in [2.05, 4.69) is 49.4 Å². The number of rotatable bonds is 10. The molecule has 2 aliphatic rings. The normalized spacial score (nSPS) is 17.5. The zero-order chi connectivity index (χ0) is 32.3. The summed E-state index contributed by atoms with van der Waals surface area (Å²) in [4.78, 5) is 51.1. The standard InChI is InChI=1S/C34H45N7O4/c1-7-35-20(2)31(42)40-29(34(3,4)5)33(44)41-15-9-12-27(41)32(43)39-26-17-24-25(18-28(26)45-6)36-19-37-30(24)38-23-14-13-21-10-8-11-22(21)16-23/h13-14,16-20,27,29,35H,7-12,15H2,1-6H3,(H,39,43)(H,40,42)(H,36,37,38)/t20-,27-,29+/m0/s1. The maximum absolute atomic E-state index is 13.9. The van der Waals surface area contributed by atoms with Crippen molar-refractivity contribution in [3.05, 3.63) is 47.8 Å². The Bertz CT molecular complexity index is 1580. The molecule has 0 unspecified atom stereocenters. The van der Waals surface area contributed by atoms with E-state index in [-0.39, 0.29) is 17.7 Å². The third kappa shape index (κ3) is 7.03. The second kappa shape index (κ2) is 13.4. The van der Waals surface area contributed by atoms with Crippen LogP contribution in [0.25, 0.3) is 10.9 Å². The molecule has 0 bridgehead atoms. The topological polar surface area (TPSA) is 138 Å². The molecule has 11 nitrogen and oxygen atoms in total. The van der Waals surface area contributed by atoms with Gasteiger partial charge in [-0.3, -0.25) is 14.4 Å². The lowest BCUT2D eigenvalue weighted by molar-refractivity contribution is -0.143. The largest absolute Gasteiger partial charge is 0.494 e. The van der Waals surface area contributed by atoms with Gasteiger partial charge in [0.1, 0.15) is 30.0 Å². The van der Waals surface area contributed by atoms with E-state index in [4.69, 9.17) is 4.74 Å². The molecule has 1 aliphatic heterocycles. The number of likely N-dealkylation sites (tertiary alicyclic amines) is 1. The van der Waals surface area contributed by atoms with E-state index in [1.54, 1.807) is 17.9 Å². The number of methoxy groups -OCH3 is 1. The van der Waals surface area contributed by atoms with Gasteiger partial charge in [-0.1, -0.05) is 33.8 Å². The van der Waals surface area contributed by atoms with E-state index in [1.807, 2.05) is 33.8 Å². The molecular weight excluding hydrogens is 570 g/mol. The molecular formula is C34H45N7O4. The number of carbonyl (C=O) groups excluding carboxylic acids is 3. The Morgan fingerprint density at radius 1 is 1.07 bits per heavy atom. The number of likely N-dealkylation sites (N-methyl/N-ethyl adjacent to an activating group) is 1. The van der Waals surface area contributed by atoms with Crippen molar-refractivity contribution in [2.24, 2.45) is 5.41 Å². The number of amides is 3. The first kappa shape index (κ1) is 32.2. The number of hydrogen-bond donors (Lipinski definition) is 4. The molecule has 240 valence electrons. The number of aromatic nitrogens is 2. The van der Waals surface area contributed by atoms with Gasteiger partial charge < -0.3 is 30.9 Å². The molecule has 5 rings (SSSR count). The van der Waals surface area contributed by atoms with Crippen LogP contribution in [0, 0.1) is 5.41 Å². The van der Waals surface area contributed by atoms with Crippen molar-refractivity contribution >= 4 is 45.8 Å². The summed E-state index contributed by atoms with van der Waals surface area (Å²) in [5.74, 6) is 0.230. The van der Waals surface area contributed by atoms with E-state index in [0.29, 0.717) is 48.7 Å². The highest BCUT2D eigenvalue weighted by molar-refractivity contribution is 6.03. The molecule has 0 saturated carbocycles. The van der Waals surface area contributed by atoms with Crippen molar-refractivity contribution in [3.63, 3.8) is 0 Å². The SMILES string of the molecule is CCN[C@@H](C)C(=O)N[C@H](C(=O)N1CCC[C@H]1C(=O)Nc1cc2c(Nc3ccc4c(c3)CCC4)ncnc2cc1OC)C(C)(C)C. The maximum atomic E-state index is 13.9. The predicted molar refractivity (Wildman–Crippen MR) is 176 cm³/mol. The molecule has 11 heteroatoms. The molecule has 0 spiro atoms. The molecule has 3 amide bonds. The highest BCUT2D eigenvalue weighted by atomic mass is 16.5. The fourth-order valence-electron chi connectivity index (χ4n) is 6.24. The molecule has 1 aliphatic carbocycles. The van der Waals surface area contributed by atoms with Gasteiger partial charge in [-0.05, 0) is 80.3 Å². The van der Waals surface area contributed by atoms with Crippen molar-refractivity contribution in [2.75, 3.05) is 30.8 Å². The lowest BCUT2D eigenvalue weighted by atomic mass is 9.85. The van der Waals surface area contributed by atoms with Crippen molar-refractivity contribution in [2.45, 2.75) is 84.8 Å². The van der Waals surface area contributed by atoms with Gasteiger partial charge in [0.2, 0.25) is 17.7 Å². The van der Waals surface area contributed by atoms with Crippen LogP contribution in [0.5, 0.6) is 5.75 Å². The van der Waals surface area contributed by atoms with Crippen molar-refractivity contribution in [3.8, 4) is 5.75 Å². The number of benzene rings is 2. The van der Waals surface area contributed by atoms with Crippen LogP contribution < -0.4 is 26.0 Å². The molecule has 0 radical (unpaired) electrons. The third-order valence-electron chi connectivity index (χ3n) is 8.72. The zero-order valence-electron chi connectivity index (χ0n) is 27.1. The Morgan fingerprint density at radius 2 is 1.84 bits per heavy atom. The third-order valence-corrected chi connectivity index (χ3v) is 8.72. The average Bonchev–Trinajstić information content (AvgIpc) is 3.69. The molecule has 1 saturated heterocycles. The summed E-state index contributed by atoms with van der Waals surface area (Å²) in [6.45, 7) is 10.5. The molecule has 2 aromatic carbocycles. The maximum Gasteiger partial charge on any atom is 0.247 e. The summed E-state index contributed by atoms with van der Waals surface area (Å²) in [6.07, 6.45) is 6.05. The van der Waals surface area contributed by atoms with Crippen LogP contribution in [0.4, 0.5) is 17.2 Å². The smallest absolute Gasteiger partial charge is 0.247 e. The van der Waals surface area contributed by atoms with Gasteiger partial charge >= 0.3 is 0 Å². The molecule has 1 fully saturated rings. The van der Waals surface area contributed by atoms with Crippen LogP contribution in [0.2, 0.25) is 0 Å². The van der Waals surface area contributed by atoms with Crippen molar-refractivity contribution < 1.29 is 19.1 Å². The first-order valence-corrected chi connectivity index (χ1v) is 15.9. The highest BCUT2D eigenvalue weighted by Gasteiger charge is 2.42. The van der Waals surface area contributed by atoms with E-state index in [1.165, 1.54) is 31.0 Å². The van der Waals surface area contributed by atoms with Gasteiger partial charge in [-0.2, -0.15) is 0 Å². The second-order valence-electron chi connectivity index (χ2n) is 13.0. The minimum Gasteiger partial charge on any atom is -0.494 e. The van der Waals surface area contributed by atoms with Crippen LogP contribution in [0.1, 0.15) is 65.0 Å². The van der Waals surface area contributed by atoms with Crippen LogP contribution >= 0.6 is 0 Å². The van der Waals surface area contributed by atoms with Crippen molar-refractivity contribution in [1.82, 2.24) is 25.5 Å². The lowest BCUT2D eigenvalue weighted by Gasteiger charge is -2.36. The van der Waals surface area contributed by atoms with E-state index >= 15 is 0 Å². The van der Waals surface area contributed by atoms with Crippen molar-refractivity contribution in [1.29, 1.82) is 0 Å². The minimum atomic E-state index is -0.792. The van der Waals surface area contributed by atoms with Gasteiger partial charge in [0.25, 0.3) is 0 Å². The van der Waals surface area contributed by atoms with Crippen LogP contribution in [0.15, 0.2) is 36.7 Å². The molecule has 4 N–H and O–H groups in total. The lowest BCUT2D eigenvalue weighted by Crippen LogP contribution is -2.59. The number of nitrogens with one attached hydrogen (secondary N) is 4. The van der Waals surface area contributed by atoms with Gasteiger partial charge in [-0.15, -0.1) is 0 Å². The van der Waals surface area contributed by atoms with E-state index in [0.717, 1.165) is 23.9 Å². The number of hydrogen-bond acceptors (Lipinski definition) is 8. The number of aryl methyl sites for hydroxylation is 2. The van der Waals surface area contributed by atoms with E-state index in [9.17, 15) is 14.4 Å². The summed E-state index contributed by atoms with van der Waals surface area (Å²) in [6, 6.07) is 8.04. The molecule has 3 aromatic rings. The Balaban J connectivity index is 1.38. The Hall–Kier alpha value is -4.25. The minimum absolute atomic E-state index is 0.252. The summed E-state index contributed by atoms with van der Waals surface area (Å²) >= 11 is 0. The fourth-order valence-corrected chi connectivity index (χ4v) is 6.24. The fraction of sp³-hybridized carbons (Fsp3) is 0.500. The summed E-state index contributed by atoms with van der Waals surface area (Å²) in [5.41, 5.74) is 4.24. The van der Waals surface area contributed by atoms with Gasteiger partial charge in [0.05, 0.1) is 24.4 Å². The number of anilines is 3. The van der Waals surface area contributed by atoms with Gasteiger partial charge in [0, 0.05) is 23.7 Å².